The largest absolute Gasteiger partial charge is 0.303 e. The third-order valence-corrected chi connectivity index (χ3v) is 1.80. The number of imidazole rings is 1. The predicted octanol–water partition coefficient (Wildman–Crippen LogP) is 1.47. The van der Waals surface area contributed by atoms with Crippen LogP contribution in [-0.2, 0) is 5.88 Å². The molecule has 0 aliphatic rings. The lowest BCUT2D eigenvalue weighted by Crippen LogP contribution is -1.83. The van der Waals surface area contributed by atoms with Crippen molar-refractivity contribution in [1.82, 2.24) is 14.4 Å². The lowest BCUT2D eigenvalue weighted by molar-refractivity contribution is 1.11. The minimum absolute atomic E-state index is 0.433. The summed E-state index contributed by atoms with van der Waals surface area (Å²) < 4.78 is 1.89. The third-order valence-electron chi connectivity index (χ3n) is 1.55. The van der Waals surface area contributed by atoms with Gasteiger partial charge < -0.3 is 4.40 Å². The molecule has 0 spiro atoms. The SMILES string of the molecule is ClCc1ncn2ccncc12. The molecule has 2 rings (SSSR count). The van der Waals surface area contributed by atoms with Gasteiger partial charge in [-0.2, -0.15) is 0 Å². The summed E-state index contributed by atoms with van der Waals surface area (Å²) in [6.07, 6.45) is 7.05. The number of halogens is 1. The first-order valence-corrected chi connectivity index (χ1v) is 3.77. The first-order chi connectivity index (χ1) is 5.42. The van der Waals surface area contributed by atoms with E-state index in [9.17, 15) is 0 Å². The maximum atomic E-state index is 5.64. The van der Waals surface area contributed by atoms with Crippen molar-refractivity contribution in [2.24, 2.45) is 0 Å². The molecule has 0 atom stereocenters. The van der Waals surface area contributed by atoms with E-state index in [2.05, 4.69) is 9.97 Å². The van der Waals surface area contributed by atoms with Crippen molar-refractivity contribution in [2.45, 2.75) is 5.88 Å². The maximum Gasteiger partial charge on any atom is 0.0996 e. The molecular formula is C7H6ClN3. The molecule has 0 bridgehead atoms. The molecule has 56 valence electrons. The Bertz CT molecular complexity index is 368. The van der Waals surface area contributed by atoms with Gasteiger partial charge in [0.25, 0.3) is 0 Å². The predicted molar refractivity (Wildman–Crippen MR) is 42.5 cm³/mol. The van der Waals surface area contributed by atoms with Crippen LogP contribution in [0.2, 0.25) is 0 Å². The normalized spacial score (nSPS) is 10.6. The van der Waals surface area contributed by atoms with E-state index in [4.69, 9.17) is 11.6 Å². The molecule has 2 aromatic rings. The lowest BCUT2D eigenvalue weighted by atomic mass is 10.4. The average Bonchev–Trinajstić information content (AvgIpc) is 2.47. The Labute approximate surface area is 68.7 Å². The van der Waals surface area contributed by atoms with Gasteiger partial charge in [0.05, 0.1) is 29.6 Å². The lowest BCUT2D eigenvalue weighted by Gasteiger charge is -1.90. The molecule has 0 amide bonds. The monoisotopic (exact) mass is 167 g/mol. The molecule has 4 heteroatoms. The molecular weight excluding hydrogens is 162 g/mol. The Balaban J connectivity index is 2.76. The molecule has 0 saturated carbocycles. The van der Waals surface area contributed by atoms with Gasteiger partial charge >= 0.3 is 0 Å². The van der Waals surface area contributed by atoms with Crippen molar-refractivity contribution in [3.8, 4) is 0 Å². The minimum atomic E-state index is 0.433. The van der Waals surface area contributed by atoms with Crippen LogP contribution in [0.4, 0.5) is 0 Å². The van der Waals surface area contributed by atoms with Gasteiger partial charge in [0, 0.05) is 12.4 Å². The van der Waals surface area contributed by atoms with E-state index >= 15 is 0 Å². The van der Waals surface area contributed by atoms with Crippen LogP contribution in [0.5, 0.6) is 0 Å². The van der Waals surface area contributed by atoms with Crippen LogP contribution in [0.1, 0.15) is 5.69 Å². The summed E-state index contributed by atoms with van der Waals surface area (Å²) in [6.45, 7) is 0. The summed E-state index contributed by atoms with van der Waals surface area (Å²) in [5.74, 6) is 0.433. The molecule has 0 fully saturated rings. The highest BCUT2D eigenvalue weighted by atomic mass is 35.5. The van der Waals surface area contributed by atoms with Crippen LogP contribution in [0.15, 0.2) is 24.9 Å². The van der Waals surface area contributed by atoms with Crippen LogP contribution >= 0.6 is 11.6 Å². The highest BCUT2D eigenvalue weighted by Crippen LogP contribution is 2.08. The van der Waals surface area contributed by atoms with Crippen molar-refractivity contribution < 1.29 is 0 Å². The Morgan fingerprint density at radius 1 is 1.55 bits per heavy atom. The summed E-state index contributed by atoms with van der Waals surface area (Å²) in [4.78, 5) is 8.08. The topological polar surface area (TPSA) is 30.2 Å². The Morgan fingerprint density at radius 3 is 3.27 bits per heavy atom. The fourth-order valence-electron chi connectivity index (χ4n) is 0.996. The second-order valence-electron chi connectivity index (χ2n) is 2.19. The zero-order valence-electron chi connectivity index (χ0n) is 5.74. The van der Waals surface area contributed by atoms with E-state index in [-0.39, 0.29) is 0 Å². The van der Waals surface area contributed by atoms with Crippen LogP contribution in [0.3, 0.4) is 0 Å². The van der Waals surface area contributed by atoms with Gasteiger partial charge in [0.1, 0.15) is 0 Å². The summed E-state index contributed by atoms with van der Waals surface area (Å²) in [5.41, 5.74) is 1.85. The van der Waals surface area contributed by atoms with Crippen molar-refractivity contribution >= 4 is 17.1 Å². The van der Waals surface area contributed by atoms with Crippen molar-refractivity contribution in [1.29, 1.82) is 0 Å². The fraction of sp³-hybridized carbons (Fsp3) is 0.143. The minimum Gasteiger partial charge on any atom is -0.303 e. The first-order valence-electron chi connectivity index (χ1n) is 3.23. The molecule has 0 aliphatic heterocycles. The summed E-state index contributed by atoms with van der Waals surface area (Å²) >= 11 is 5.64. The number of hydrogen-bond acceptors (Lipinski definition) is 2. The van der Waals surface area contributed by atoms with Crippen molar-refractivity contribution in [3.63, 3.8) is 0 Å². The van der Waals surface area contributed by atoms with Gasteiger partial charge in [-0.15, -0.1) is 11.6 Å². The third kappa shape index (κ3) is 0.973. The van der Waals surface area contributed by atoms with E-state index < -0.39 is 0 Å². The van der Waals surface area contributed by atoms with Crippen molar-refractivity contribution in [2.75, 3.05) is 0 Å². The van der Waals surface area contributed by atoms with E-state index in [1.807, 2.05) is 10.6 Å². The Kier molecular flexibility index (Phi) is 1.51. The molecule has 0 N–H and O–H groups in total. The fourth-order valence-corrected chi connectivity index (χ4v) is 1.20. The number of aromatic nitrogens is 3. The highest BCUT2D eigenvalue weighted by molar-refractivity contribution is 6.17. The smallest absolute Gasteiger partial charge is 0.0996 e. The summed E-state index contributed by atoms with van der Waals surface area (Å²) in [6, 6.07) is 0. The Morgan fingerprint density at radius 2 is 2.45 bits per heavy atom. The number of nitrogens with zero attached hydrogens (tertiary/aromatic N) is 3. The van der Waals surface area contributed by atoms with Gasteiger partial charge in [-0.1, -0.05) is 0 Å². The molecule has 3 nitrogen and oxygen atoms in total. The molecule has 0 aliphatic carbocycles. The number of fused-ring (bicyclic) bond motifs is 1. The highest BCUT2D eigenvalue weighted by Gasteiger charge is 2.00. The zero-order chi connectivity index (χ0) is 7.68. The van der Waals surface area contributed by atoms with E-state index in [1.165, 1.54) is 0 Å². The maximum absolute atomic E-state index is 5.64. The van der Waals surface area contributed by atoms with Gasteiger partial charge in [-0.3, -0.25) is 4.98 Å². The quantitative estimate of drug-likeness (QED) is 0.602. The number of rotatable bonds is 1. The van der Waals surface area contributed by atoms with E-state index in [0.29, 0.717) is 5.88 Å². The molecule has 0 aromatic carbocycles. The molecule has 11 heavy (non-hydrogen) atoms. The second-order valence-corrected chi connectivity index (χ2v) is 2.46. The molecule has 2 aromatic heterocycles. The van der Waals surface area contributed by atoms with Gasteiger partial charge in [0.2, 0.25) is 0 Å². The van der Waals surface area contributed by atoms with Crippen LogP contribution in [-0.4, -0.2) is 14.4 Å². The van der Waals surface area contributed by atoms with Crippen LogP contribution in [0.25, 0.3) is 5.52 Å². The van der Waals surface area contributed by atoms with Gasteiger partial charge in [-0.05, 0) is 0 Å². The van der Waals surface area contributed by atoms with Crippen LogP contribution < -0.4 is 0 Å². The van der Waals surface area contributed by atoms with E-state index in [0.717, 1.165) is 11.2 Å². The van der Waals surface area contributed by atoms with Crippen LogP contribution in [0, 0.1) is 0 Å². The summed E-state index contributed by atoms with van der Waals surface area (Å²) in [7, 11) is 0. The van der Waals surface area contributed by atoms with Gasteiger partial charge in [-0.25, -0.2) is 4.98 Å². The average molecular weight is 168 g/mol. The molecule has 0 saturated heterocycles. The standard InChI is InChI=1S/C7H6ClN3/c8-3-6-7-4-9-1-2-11(7)5-10-6/h1-2,4-5H,3H2. The number of alkyl halides is 1. The molecule has 0 radical (unpaired) electrons. The van der Waals surface area contributed by atoms with E-state index in [1.54, 1.807) is 18.7 Å². The molecule has 2 heterocycles. The van der Waals surface area contributed by atoms with Crippen molar-refractivity contribution in [3.05, 3.63) is 30.6 Å². The Hall–Kier alpha value is -1.09. The van der Waals surface area contributed by atoms with Gasteiger partial charge in [0.15, 0.2) is 0 Å². The second kappa shape index (κ2) is 2.51. The first kappa shape index (κ1) is 6.61. The number of hydrogen-bond donors (Lipinski definition) is 0. The summed E-state index contributed by atoms with van der Waals surface area (Å²) in [5, 5.41) is 0. The zero-order valence-corrected chi connectivity index (χ0v) is 6.49. The molecule has 0 unspecified atom stereocenters.